The van der Waals surface area contributed by atoms with Gasteiger partial charge in [0.1, 0.15) is 5.82 Å². The highest BCUT2D eigenvalue weighted by atomic mass is 19.1. The molecule has 0 N–H and O–H groups in total. The van der Waals surface area contributed by atoms with Gasteiger partial charge in [-0.2, -0.15) is 4.39 Å². The molecule has 0 atom stereocenters. The van der Waals surface area contributed by atoms with Crippen molar-refractivity contribution in [3.8, 4) is 0 Å². The Hall–Kier alpha value is -1.16. The van der Waals surface area contributed by atoms with Crippen LogP contribution < -0.4 is 4.90 Å². The van der Waals surface area contributed by atoms with Gasteiger partial charge in [0, 0.05) is 26.2 Å². The Morgan fingerprint density at radius 2 is 1.93 bits per heavy atom. The molecule has 0 bridgehead atoms. The number of hydrogen-bond donors (Lipinski definition) is 0. The Morgan fingerprint density at radius 1 is 1.21 bits per heavy atom. The van der Waals surface area contributed by atoms with E-state index in [0.717, 1.165) is 32.0 Å². The zero-order valence-corrected chi connectivity index (χ0v) is 8.28. The van der Waals surface area contributed by atoms with Crippen molar-refractivity contribution in [2.24, 2.45) is 0 Å². The number of piperazine rings is 1. The summed E-state index contributed by atoms with van der Waals surface area (Å²) in [4.78, 5) is 8.24. The molecule has 76 valence electrons. The van der Waals surface area contributed by atoms with Crippen LogP contribution in [0.5, 0.6) is 0 Å². The van der Waals surface area contributed by atoms with Crippen LogP contribution >= 0.6 is 0 Å². The second-order valence-electron chi connectivity index (χ2n) is 3.61. The maximum atomic E-state index is 12.9. The molecule has 1 aromatic rings. The molecule has 1 fully saturated rings. The molecule has 14 heavy (non-hydrogen) atoms. The predicted molar refractivity (Wildman–Crippen MR) is 53.9 cm³/mol. The lowest BCUT2D eigenvalue weighted by atomic mass is 10.3. The lowest BCUT2D eigenvalue weighted by Gasteiger charge is -2.33. The molecule has 0 aliphatic carbocycles. The van der Waals surface area contributed by atoms with E-state index in [1.54, 1.807) is 6.07 Å². The first kappa shape index (κ1) is 9.40. The van der Waals surface area contributed by atoms with Crippen LogP contribution in [0.25, 0.3) is 0 Å². The minimum Gasteiger partial charge on any atom is -0.354 e. The van der Waals surface area contributed by atoms with Crippen molar-refractivity contribution >= 4 is 5.82 Å². The Kier molecular flexibility index (Phi) is 2.63. The number of likely N-dealkylation sites (N-methyl/N-ethyl adjacent to an activating group) is 1. The molecule has 0 saturated carbocycles. The smallest absolute Gasteiger partial charge is 0.214 e. The van der Waals surface area contributed by atoms with E-state index in [0.29, 0.717) is 0 Å². The van der Waals surface area contributed by atoms with E-state index in [-0.39, 0.29) is 0 Å². The summed E-state index contributed by atoms with van der Waals surface area (Å²) >= 11 is 0. The molecule has 0 amide bonds. The molecule has 1 aliphatic heterocycles. The van der Waals surface area contributed by atoms with Crippen LogP contribution in [0, 0.1) is 5.95 Å². The zero-order chi connectivity index (χ0) is 9.97. The first-order valence-corrected chi connectivity index (χ1v) is 4.82. The third-order valence-corrected chi connectivity index (χ3v) is 2.53. The van der Waals surface area contributed by atoms with Gasteiger partial charge in [-0.15, -0.1) is 0 Å². The molecule has 1 saturated heterocycles. The zero-order valence-electron chi connectivity index (χ0n) is 8.28. The standard InChI is InChI=1S/C10H14FN3/c1-13-5-7-14(8-6-13)10-4-2-3-9(11)12-10/h2-4H,5-8H2,1H3. The highest BCUT2D eigenvalue weighted by Gasteiger charge is 2.15. The molecule has 2 heterocycles. The monoisotopic (exact) mass is 195 g/mol. The number of nitrogens with zero attached hydrogens (tertiary/aromatic N) is 3. The number of rotatable bonds is 1. The van der Waals surface area contributed by atoms with Crippen LogP contribution in [0.4, 0.5) is 10.2 Å². The van der Waals surface area contributed by atoms with Gasteiger partial charge in [-0.3, -0.25) is 0 Å². The van der Waals surface area contributed by atoms with Gasteiger partial charge in [0.25, 0.3) is 0 Å². The van der Waals surface area contributed by atoms with Crippen LogP contribution in [0.3, 0.4) is 0 Å². The maximum absolute atomic E-state index is 12.9. The van der Waals surface area contributed by atoms with Crippen molar-refractivity contribution < 1.29 is 4.39 Å². The fraction of sp³-hybridized carbons (Fsp3) is 0.500. The lowest BCUT2D eigenvalue weighted by molar-refractivity contribution is 0.311. The third kappa shape index (κ3) is 2.01. The Morgan fingerprint density at radius 3 is 2.57 bits per heavy atom. The first-order valence-electron chi connectivity index (χ1n) is 4.82. The molecule has 3 nitrogen and oxygen atoms in total. The highest BCUT2D eigenvalue weighted by Crippen LogP contribution is 2.12. The van der Waals surface area contributed by atoms with E-state index >= 15 is 0 Å². The van der Waals surface area contributed by atoms with Crippen LogP contribution in [-0.2, 0) is 0 Å². The van der Waals surface area contributed by atoms with Crippen LogP contribution in [-0.4, -0.2) is 43.1 Å². The van der Waals surface area contributed by atoms with E-state index in [9.17, 15) is 4.39 Å². The van der Waals surface area contributed by atoms with E-state index in [4.69, 9.17) is 0 Å². The molecule has 1 aromatic heterocycles. The topological polar surface area (TPSA) is 19.4 Å². The van der Waals surface area contributed by atoms with Gasteiger partial charge in [-0.25, -0.2) is 4.98 Å². The van der Waals surface area contributed by atoms with Crippen molar-refractivity contribution in [3.05, 3.63) is 24.1 Å². The van der Waals surface area contributed by atoms with Gasteiger partial charge >= 0.3 is 0 Å². The normalized spacial score (nSPS) is 18.6. The van der Waals surface area contributed by atoms with Crippen LogP contribution in [0.2, 0.25) is 0 Å². The van der Waals surface area contributed by atoms with Gasteiger partial charge in [0.15, 0.2) is 0 Å². The van der Waals surface area contributed by atoms with Crippen molar-refractivity contribution in [3.63, 3.8) is 0 Å². The summed E-state index contributed by atoms with van der Waals surface area (Å²) in [6.45, 7) is 3.87. The molecule has 4 heteroatoms. The minimum atomic E-state index is -0.401. The predicted octanol–water partition coefficient (Wildman–Crippen LogP) is 0.973. The second-order valence-corrected chi connectivity index (χ2v) is 3.61. The first-order chi connectivity index (χ1) is 6.75. The number of halogens is 1. The van der Waals surface area contributed by atoms with Crippen molar-refractivity contribution in [1.82, 2.24) is 9.88 Å². The van der Waals surface area contributed by atoms with Crippen molar-refractivity contribution in [2.75, 3.05) is 38.1 Å². The average molecular weight is 195 g/mol. The van der Waals surface area contributed by atoms with Crippen LogP contribution in [0.15, 0.2) is 18.2 Å². The van der Waals surface area contributed by atoms with Gasteiger partial charge in [-0.05, 0) is 19.2 Å². The summed E-state index contributed by atoms with van der Waals surface area (Å²) < 4.78 is 12.9. The summed E-state index contributed by atoms with van der Waals surface area (Å²) in [5.41, 5.74) is 0. The van der Waals surface area contributed by atoms with Gasteiger partial charge < -0.3 is 9.80 Å². The second kappa shape index (κ2) is 3.92. The highest BCUT2D eigenvalue weighted by molar-refractivity contribution is 5.38. The molecule has 0 unspecified atom stereocenters. The number of anilines is 1. The molecule has 0 spiro atoms. The lowest BCUT2D eigenvalue weighted by Crippen LogP contribution is -2.44. The largest absolute Gasteiger partial charge is 0.354 e. The quantitative estimate of drug-likeness (QED) is 0.622. The summed E-state index contributed by atoms with van der Waals surface area (Å²) in [6, 6.07) is 4.93. The van der Waals surface area contributed by atoms with E-state index < -0.39 is 5.95 Å². The minimum absolute atomic E-state index is 0.401. The summed E-state index contributed by atoms with van der Waals surface area (Å²) in [6.07, 6.45) is 0. The SMILES string of the molecule is CN1CCN(c2cccc(F)n2)CC1. The van der Waals surface area contributed by atoms with Crippen LogP contribution in [0.1, 0.15) is 0 Å². The molecule has 0 aromatic carbocycles. The third-order valence-electron chi connectivity index (χ3n) is 2.53. The molecular formula is C10H14FN3. The Bertz CT molecular complexity index is 308. The summed E-state index contributed by atoms with van der Waals surface area (Å²) in [5.74, 6) is 0.347. The van der Waals surface area contributed by atoms with Gasteiger partial charge in [0.05, 0.1) is 0 Å². The molecule has 1 aliphatic rings. The Balaban J connectivity index is 2.08. The van der Waals surface area contributed by atoms with E-state index in [1.165, 1.54) is 6.07 Å². The number of pyridine rings is 1. The van der Waals surface area contributed by atoms with Crippen molar-refractivity contribution in [2.45, 2.75) is 0 Å². The summed E-state index contributed by atoms with van der Waals surface area (Å²) in [7, 11) is 2.09. The van der Waals surface area contributed by atoms with E-state index in [1.807, 2.05) is 6.07 Å². The number of hydrogen-bond acceptors (Lipinski definition) is 3. The average Bonchev–Trinajstić information content (AvgIpc) is 2.19. The summed E-state index contributed by atoms with van der Waals surface area (Å²) in [5, 5.41) is 0. The fourth-order valence-corrected chi connectivity index (χ4v) is 1.61. The van der Waals surface area contributed by atoms with Crippen molar-refractivity contribution in [1.29, 1.82) is 0 Å². The fourth-order valence-electron chi connectivity index (χ4n) is 1.61. The molecular weight excluding hydrogens is 181 g/mol. The van der Waals surface area contributed by atoms with Gasteiger partial charge in [-0.1, -0.05) is 6.07 Å². The number of aromatic nitrogens is 1. The van der Waals surface area contributed by atoms with E-state index in [2.05, 4.69) is 21.8 Å². The maximum Gasteiger partial charge on any atom is 0.214 e. The molecule has 2 rings (SSSR count). The Labute approximate surface area is 83.2 Å². The van der Waals surface area contributed by atoms with Gasteiger partial charge in [0.2, 0.25) is 5.95 Å². The molecule has 0 radical (unpaired) electrons.